The molecule has 2 N–H and O–H groups in total. The van der Waals surface area contributed by atoms with Gasteiger partial charge < -0.3 is 10.2 Å². The molecular formula is C23H28N2O2. The summed E-state index contributed by atoms with van der Waals surface area (Å²) < 4.78 is 0. The van der Waals surface area contributed by atoms with Crippen molar-refractivity contribution in [3.63, 3.8) is 0 Å². The molecule has 0 aliphatic carbocycles. The molecule has 0 spiro atoms. The van der Waals surface area contributed by atoms with Gasteiger partial charge >= 0.3 is 0 Å². The van der Waals surface area contributed by atoms with Gasteiger partial charge in [-0.1, -0.05) is 45.2 Å². The predicted molar refractivity (Wildman–Crippen MR) is 114 cm³/mol. The molecule has 0 saturated heterocycles. The van der Waals surface area contributed by atoms with Gasteiger partial charge in [0.1, 0.15) is 22.5 Å². The topological polar surface area (TPSA) is 66.2 Å². The number of nitrogens with zero attached hydrogens (tertiary/aromatic N) is 2. The first-order valence-electron chi connectivity index (χ1n) is 8.07. The summed E-state index contributed by atoms with van der Waals surface area (Å²) in [4.78, 5) is 8.51. The van der Waals surface area contributed by atoms with Crippen LogP contribution < -0.4 is 0 Å². The summed E-state index contributed by atoms with van der Waals surface area (Å²) in [7, 11) is 0. The molecule has 0 bridgehead atoms. The monoisotopic (exact) mass is 364 g/mol. The molecule has 0 saturated carbocycles. The highest BCUT2D eigenvalue weighted by Crippen LogP contribution is 2.25. The van der Waals surface area contributed by atoms with Gasteiger partial charge in [0.15, 0.2) is 0 Å². The van der Waals surface area contributed by atoms with E-state index in [0.29, 0.717) is 11.0 Å². The number of pyridine rings is 2. The minimum absolute atomic E-state index is 0. The number of hydrogen-bond donors (Lipinski definition) is 2. The van der Waals surface area contributed by atoms with Crippen molar-refractivity contribution in [1.29, 1.82) is 0 Å². The van der Waals surface area contributed by atoms with Gasteiger partial charge in [0.05, 0.1) is 0 Å². The Bertz CT molecular complexity index is 1060. The number of phenols is 2. The normalized spacial score (nSPS) is 9.74. The summed E-state index contributed by atoms with van der Waals surface area (Å²) in [6, 6.07) is 16.8. The zero-order valence-electron chi connectivity index (χ0n) is 14.5. The van der Waals surface area contributed by atoms with E-state index >= 15 is 0 Å². The number of aryl methyl sites for hydroxylation is 3. The molecule has 4 rings (SSSR count). The zero-order chi connectivity index (χ0) is 18.0. The van der Waals surface area contributed by atoms with Crippen LogP contribution in [0.25, 0.3) is 21.8 Å². The smallest absolute Gasteiger partial charge is 0.141 e. The van der Waals surface area contributed by atoms with Gasteiger partial charge in [-0.3, -0.25) is 0 Å². The van der Waals surface area contributed by atoms with Gasteiger partial charge in [0.25, 0.3) is 0 Å². The van der Waals surface area contributed by atoms with Gasteiger partial charge in [-0.2, -0.15) is 0 Å². The van der Waals surface area contributed by atoms with E-state index in [0.717, 1.165) is 27.7 Å². The van der Waals surface area contributed by atoms with E-state index in [1.165, 1.54) is 0 Å². The van der Waals surface area contributed by atoms with Crippen LogP contribution in [0.2, 0.25) is 0 Å². The summed E-state index contributed by atoms with van der Waals surface area (Å²) in [5.41, 5.74) is 4.38. The Balaban J connectivity index is 0.000000252. The Hall–Kier alpha value is -3.14. The van der Waals surface area contributed by atoms with Crippen LogP contribution in [0, 0.1) is 20.8 Å². The van der Waals surface area contributed by atoms with Gasteiger partial charge in [0.2, 0.25) is 0 Å². The number of benzene rings is 2. The number of para-hydroxylation sites is 2. The van der Waals surface area contributed by atoms with Crippen LogP contribution in [0.15, 0.2) is 54.6 Å². The summed E-state index contributed by atoms with van der Waals surface area (Å²) >= 11 is 0. The maximum atomic E-state index is 9.56. The lowest BCUT2D eigenvalue weighted by molar-refractivity contribution is 0.480. The van der Waals surface area contributed by atoms with E-state index in [-0.39, 0.29) is 26.4 Å². The Morgan fingerprint density at radius 2 is 1.26 bits per heavy atom. The molecule has 2 aromatic heterocycles. The first-order valence-corrected chi connectivity index (χ1v) is 8.07. The molecule has 4 heteroatoms. The Labute approximate surface area is 161 Å². The van der Waals surface area contributed by atoms with Crippen LogP contribution >= 0.6 is 0 Å². The number of phenolic OH excluding ortho intramolecular Hbond substituents is 2. The van der Waals surface area contributed by atoms with Crippen molar-refractivity contribution in [3.05, 3.63) is 71.5 Å². The van der Waals surface area contributed by atoms with Crippen molar-refractivity contribution in [2.24, 2.45) is 0 Å². The van der Waals surface area contributed by atoms with Crippen molar-refractivity contribution in [3.8, 4) is 11.5 Å². The molecule has 0 aliphatic rings. The van der Waals surface area contributed by atoms with Crippen LogP contribution in [0.4, 0.5) is 0 Å². The van der Waals surface area contributed by atoms with Crippen LogP contribution in [-0.2, 0) is 0 Å². The van der Waals surface area contributed by atoms with Crippen LogP contribution in [-0.4, -0.2) is 20.2 Å². The fourth-order valence-electron chi connectivity index (χ4n) is 2.80. The quantitative estimate of drug-likeness (QED) is 0.397. The molecule has 4 aromatic rings. The highest BCUT2D eigenvalue weighted by Gasteiger charge is 2.03. The average molecular weight is 364 g/mol. The van der Waals surface area contributed by atoms with Crippen LogP contribution in [0.5, 0.6) is 11.5 Å². The maximum Gasteiger partial charge on any atom is 0.141 e. The fraction of sp³-hybridized carbons (Fsp3) is 0.217. The molecule has 0 fully saturated rings. The highest BCUT2D eigenvalue weighted by molar-refractivity contribution is 5.87. The molecule has 0 amide bonds. The SMILES string of the molecule is C.C.Cc1cc(C)c2cccc(O)c2n1.Cc1ccc2cccc(O)c2n1. The summed E-state index contributed by atoms with van der Waals surface area (Å²) in [6.07, 6.45) is 0. The lowest BCUT2D eigenvalue weighted by Gasteiger charge is -2.04. The van der Waals surface area contributed by atoms with E-state index in [1.54, 1.807) is 12.1 Å². The van der Waals surface area contributed by atoms with E-state index in [1.807, 2.05) is 63.2 Å². The van der Waals surface area contributed by atoms with Crippen molar-refractivity contribution in [2.45, 2.75) is 35.6 Å². The molecular weight excluding hydrogens is 336 g/mol. The molecule has 0 radical (unpaired) electrons. The van der Waals surface area contributed by atoms with Crippen molar-refractivity contribution < 1.29 is 10.2 Å². The second-order valence-corrected chi connectivity index (χ2v) is 6.06. The van der Waals surface area contributed by atoms with Gasteiger partial charge in [-0.25, -0.2) is 9.97 Å². The van der Waals surface area contributed by atoms with Gasteiger partial charge in [-0.05, 0) is 50.6 Å². The summed E-state index contributed by atoms with van der Waals surface area (Å²) in [6.45, 7) is 5.86. The van der Waals surface area contributed by atoms with Crippen molar-refractivity contribution >= 4 is 21.8 Å². The van der Waals surface area contributed by atoms with Crippen LogP contribution in [0.3, 0.4) is 0 Å². The third-order valence-electron chi connectivity index (χ3n) is 3.99. The molecule has 0 unspecified atom stereocenters. The standard InChI is InChI=1S/C11H11NO.C10H9NO.2CH4/c1-7-6-8(2)12-11-9(7)4-3-5-10(11)13;1-7-5-6-8-3-2-4-9(12)10(8)11-7;;/h3-6,13H,1-2H3;2-6,12H,1H3;2*1H4. The molecule has 4 nitrogen and oxygen atoms in total. The fourth-order valence-corrected chi connectivity index (χ4v) is 2.80. The molecule has 2 aromatic carbocycles. The molecule has 142 valence electrons. The van der Waals surface area contributed by atoms with Crippen molar-refractivity contribution in [1.82, 2.24) is 9.97 Å². The third-order valence-corrected chi connectivity index (χ3v) is 3.99. The first-order chi connectivity index (χ1) is 12.0. The highest BCUT2D eigenvalue weighted by atomic mass is 16.3. The van der Waals surface area contributed by atoms with Crippen molar-refractivity contribution in [2.75, 3.05) is 0 Å². The Kier molecular flexibility index (Phi) is 7.29. The minimum Gasteiger partial charge on any atom is -0.506 e. The second-order valence-electron chi connectivity index (χ2n) is 6.06. The molecule has 0 aliphatic heterocycles. The van der Waals surface area contributed by atoms with E-state index in [9.17, 15) is 10.2 Å². The van der Waals surface area contributed by atoms with Gasteiger partial charge in [-0.15, -0.1) is 0 Å². The second kappa shape index (κ2) is 8.99. The Morgan fingerprint density at radius 3 is 1.96 bits per heavy atom. The number of fused-ring (bicyclic) bond motifs is 2. The van der Waals surface area contributed by atoms with Gasteiger partial charge in [0, 0.05) is 22.2 Å². The Morgan fingerprint density at radius 1 is 0.667 bits per heavy atom. The number of aromatic nitrogens is 2. The lowest BCUT2D eigenvalue weighted by Crippen LogP contribution is -1.87. The number of rotatable bonds is 0. The average Bonchev–Trinajstić information content (AvgIpc) is 2.57. The lowest BCUT2D eigenvalue weighted by atomic mass is 10.1. The number of aromatic hydroxyl groups is 2. The largest absolute Gasteiger partial charge is 0.506 e. The third kappa shape index (κ3) is 4.73. The number of hydrogen-bond acceptors (Lipinski definition) is 4. The molecule has 27 heavy (non-hydrogen) atoms. The zero-order valence-corrected chi connectivity index (χ0v) is 14.5. The molecule has 0 atom stereocenters. The van der Waals surface area contributed by atoms with E-state index in [2.05, 4.69) is 9.97 Å². The predicted octanol–water partition coefficient (Wildman–Crippen LogP) is 6.08. The van der Waals surface area contributed by atoms with E-state index < -0.39 is 0 Å². The van der Waals surface area contributed by atoms with Crippen LogP contribution in [0.1, 0.15) is 31.8 Å². The minimum atomic E-state index is 0. The first kappa shape index (κ1) is 21.9. The van der Waals surface area contributed by atoms with E-state index in [4.69, 9.17) is 0 Å². The molecule has 2 heterocycles. The maximum absolute atomic E-state index is 9.56. The summed E-state index contributed by atoms with van der Waals surface area (Å²) in [5, 5.41) is 21.0. The summed E-state index contributed by atoms with van der Waals surface area (Å²) in [5.74, 6) is 0.500.